The van der Waals surface area contributed by atoms with Crippen LogP contribution in [0.1, 0.15) is 11.1 Å². The first kappa shape index (κ1) is 18.5. The summed E-state index contributed by atoms with van der Waals surface area (Å²) in [4.78, 5) is 20.9. The van der Waals surface area contributed by atoms with E-state index in [1.807, 2.05) is 6.07 Å². The summed E-state index contributed by atoms with van der Waals surface area (Å²) in [6.45, 7) is 5.95. The van der Waals surface area contributed by atoms with Crippen molar-refractivity contribution in [3.8, 4) is 0 Å². The van der Waals surface area contributed by atoms with E-state index in [0.29, 0.717) is 22.3 Å². The van der Waals surface area contributed by atoms with Gasteiger partial charge in [0.2, 0.25) is 0 Å². The highest BCUT2D eigenvalue weighted by Crippen LogP contribution is 2.20. The monoisotopic (exact) mass is 379 g/mol. The third kappa shape index (κ3) is 4.00. The van der Waals surface area contributed by atoms with E-state index in [0.717, 1.165) is 38.3 Å². The number of benzene rings is 1. The molecule has 2 aromatic heterocycles. The topological polar surface area (TPSA) is 73.6 Å². The van der Waals surface area contributed by atoms with Gasteiger partial charge in [-0.15, -0.1) is 4.73 Å². The van der Waals surface area contributed by atoms with Gasteiger partial charge in [-0.05, 0) is 30.3 Å². The Labute approximate surface area is 163 Å². The zero-order valence-electron chi connectivity index (χ0n) is 16.0. The molecule has 0 unspecified atom stereocenters. The smallest absolute Gasteiger partial charge is 0.286 e. The van der Waals surface area contributed by atoms with Gasteiger partial charge < -0.3 is 15.4 Å². The van der Waals surface area contributed by atoms with E-state index < -0.39 is 5.56 Å². The van der Waals surface area contributed by atoms with E-state index >= 15 is 0 Å². The number of piperazine rings is 1. The van der Waals surface area contributed by atoms with E-state index in [1.165, 1.54) is 11.6 Å². The van der Waals surface area contributed by atoms with Crippen LogP contribution >= 0.6 is 0 Å². The van der Waals surface area contributed by atoms with Crippen molar-refractivity contribution in [2.75, 3.05) is 38.5 Å². The second kappa shape index (κ2) is 8.00. The van der Waals surface area contributed by atoms with Crippen molar-refractivity contribution in [2.24, 2.45) is 0 Å². The summed E-state index contributed by atoms with van der Waals surface area (Å²) in [5.41, 5.74) is 2.86. The lowest BCUT2D eigenvalue weighted by Crippen LogP contribution is -2.43. The zero-order valence-corrected chi connectivity index (χ0v) is 16.0. The van der Waals surface area contributed by atoms with Crippen molar-refractivity contribution < 1.29 is 5.21 Å². The van der Waals surface area contributed by atoms with Crippen LogP contribution in [0.2, 0.25) is 0 Å². The molecule has 3 aromatic rings. The minimum Gasteiger partial charge on any atom is -0.423 e. The molecule has 1 saturated heterocycles. The maximum absolute atomic E-state index is 12.0. The number of nitrogens with one attached hydrogen (secondary N) is 1. The minimum absolute atomic E-state index is 0.251. The molecule has 0 atom stereocenters. The van der Waals surface area contributed by atoms with Crippen molar-refractivity contribution in [3.63, 3.8) is 0 Å². The molecule has 0 radical (unpaired) electrons. The van der Waals surface area contributed by atoms with Crippen molar-refractivity contribution in [1.29, 1.82) is 0 Å². The molecule has 1 aliphatic heterocycles. The lowest BCUT2D eigenvalue weighted by Gasteiger charge is -2.32. The maximum Gasteiger partial charge on any atom is 0.286 e. The average Bonchev–Trinajstić information content (AvgIpc) is 2.72. The Hall–Kier alpha value is -2.90. The van der Waals surface area contributed by atoms with Gasteiger partial charge in [0.1, 0.15) is 0 Å². The highest BCUT2D eigenvalue weighted by atomic mass is 16.5. The molecule has 146 valence electrons. The van der Waals surface area contributed by atoms with Crippen LogP contribution in [-0.4, -0.2) is 57.9 Å². The van der Waals surface area contributed by atoms with E-state index in [4.69, 9.17) is 0 Å². The number of pyridine rings is 2. The Bertz CT molecular complexity index is 1020. The molecule has 0 aliphatic carbocycles. The number of aromatic nitrogens is 2. The Balaban J connectivity index is 1.48. The number of nitrogens with zero attached hydrogens (tertiary/aromatic N) is 4. The number of hydrogen-bond acceptors (Lipinski definition) is 6. The predicted octanol–water partition coefficient (Wildman–Crippen LogP) is 1.99. The first-order valence-electron chi connectivity index (χ1n) is 9.53. The van der Waals surface area contributed by atoms with Gasteiger partial charge in [0.15, 0.2) is 5.65 Å². The Kier molecular flexibility index (Phi) is 5.27. The van der Waals surface area contributed by atoms with Crippen LogP contribution in [0.4, 0.5) is 5.69 Å². The van der Waals surface area contributed by atoms with Crippen molar-refractivity contribution in [3.05, 3.63) is 70.1 Å². The average molecular weight is 379 g/mol. The van der Waals surface area contributed by atoms with Gasteiger partial charge >= 0.3 is 0 Å². The lowest BCUT2D eigenvalue weighted by molar-refractivity contribution is 0.148. The standard InChI is InChI=1S/C21H25N5O2/c1-24-8-10-25(11-9-24)15-17-5-2-4-16(12-17)14-23-19-13-20(27)26(28)21-18(19)6-3-7-22-21/h2-7,12-13,23,28H,8-11,14-15H2,1H3. The molecule has 0 saturated carbocycles. The fourth-order valence-electron chi connectivity index (χ4n) is 3.59. The Morgan fingerprint density at radius 1 is 1.07 bits per heavy atom. The van der Waals surface area contributed by atoms with Gasteiger partial charge in [-0.1, -0.05) is 24.3 Å². The van der Waals surface area contributed by atoms with Gasteiger partial charge in [0.25, 0.3) is 5.56 Å². The molecule has 1 fully saturated rings. The first-order chi connectivity index (χ1) is 13.6. The molecule has 2 N–H and O–H groups in total. The van der Waals surface area contributed by atoms with Crippen LogP contribution in [0.5, 0.6) is 0 Å². The molecular weight excluding hydrogens is 354 g/mol. The molecule has 1 aliphatic rings. The number of anilines is 1. The van der Waals surface area contributed by atoms with Gasteiger partial charge in [-0.25, -0.2) is 4.98 Å². The fourth-order valence-corrected chi connectivity index (χ4v) is 3.59. The summed E-state index contributed by atoms with van der Waals surface area (Å²) in [6.07, 6.45) is 1.56. The number of fused-ring (bicyclic) bond motifs is 1. The number of hydrogen-bond donors (Lipinski definition) is 2. The van der Waals surface area contributed by atoms with E-state index in [9.17, 15) is 10.0 Å². The highest BCUT2D eigenvalue weighted by molar-refractivity contribution is 5.88. The van der Waals surface area contributed by atoms with E-state index in [2.05, 4.69) is 51.4 Å². The van der Waals surface area contributed by atoms with Crippen LogP contribution in [0.25, 0.3) is 11.0 Å². The highest BCUT2D eigenvalue weighted by Gasteiger charge is 2.14. The molecule has 0 spiro atoms. The summed E-state index contributed by atoms with van der Waals surface area (Å²) in [5, 5.41) is 13.9. The molecule has 0 bridgehead atoms. The molecule has 0 amide bonds. The van der Waals surface area contributed by atoms with Crippen LogP contribution in [0.3, 0.4) is 0 Å². The van der Waals surface area contributed by atoms with E-state index in [1.54, 1.807) is 12.3 Å². The second-order valence-electron chi connectivity index (χ2n) is 7.34. The van der Waals surface area contributed by atoms with Gasteiger partial charge in [0, 0.05) is 56.9 Å². The summed E-state index contributed by atoms with van der Waals surface area (Å²) in [6, 6.07) is 13.5. The number of rotatable bonds is 5. The fraction of sp³-hybridized carbons (Fsp3) is 0.333. The summed E-state index contributed by atoms with van der Waals surface area (Å²) in [7, 11) is 2.16. The lowest BCUT2D eigenvalue weighted by atomic mass is 10.1. The summed E-state index contributed by atoms with van der Waals surface area (Å²) in [5.74, 6) is 0. The molecule has 1 aromatic carbocycles. The molecule has 3 heterocycles. The number of likely N-dealkylation sites (N-methyl/N-ethyl adjacent to an activating group) is 1. The summed E-state index contributed by atoms with van der Waals surface area (Å²) >= 11 is 0. The third-order valence-corrected chi connectivity index (χ3v) is 5.23. The van der Waals surface area contributed by atoms with E-state index in [-0.39, 0.29) is 5.65 Å². The zero-order chi connectivity index (χ0) is 19.5. The third-order valence-electron chi connectivity index (χ3n) is 5.23. The Morgan fingerprint density at radius 3 is 2.68 bits per heavy atom. The Morgan fingerprint density at radius 2 is 1.86 bits per heavy atom. The second-order valence-corrected chi connectivity index (χ2v) is 7.34. The normalized spacial score (nSPS) is 15.8. The molecule has 4 rings (SSSR count). The van der Waals surface area contributed by atoms with Crippen molar-refractivity contribution in [2.45, 2.75) is 13.1 Å². The van der Waals surface area contributed by atoms with Gasteiger partial charge in [-0.2, -0.15) is 0 Å². The van der Waals surface area contributed by atoms with Crippen molar-refractivity contribution >= 4 is 16.7 Å². The molecule has 7 nitrogen and oxygen atoms in total. The molecule has 28 heavy (non-hydrogen) atoms. The molecular formula is C21H25N5O2. The molecule has 7 heteroatoms. The SMILES string of the molecule is CN1CCN(Cc2cccc(CNc3cc(=O)n(O)c4ncccc34)c2)CC1. The van der Waals surface area contributed by atoms with Crippen molar-refractivity contribution in [1.82, 2.24) is 19.5 Å². The van der Waals surface area contributed by atoms with Crippen LogP contribution in [0.15, 0.2) is 53.5 Å². The van der Waals surface area contributed by atoms with Crippen LogP contribution < -0.4 is 10.9 Å². The predicted molar refractivity (Wildman–Crippen MR) is 110 cm³/mol. The first-order valence-corrected chi connectivity index (χ1v) is 9.53. The quantitative estimate of drug-likeness (QED) is 0.661. The summed E-state index contributed by atoms with van der Waals surface area (Å²) < 4.78 is 0.581. The largest absolute Gasteiger partial charge is 0.423 e. The van der Waals surface area contributed by atoms with Crippen LogP contribution in [-0.2, 0) is 13.1 Å². The minimum atomic E-state index is -0.502. The maximum atomic E-state index is 12.0. The van der Waals surface area contributed by atoms with Gasteiger partial charge in [-0.3, -0.25) is 9.69 Å². The van der Waals surface area contributed by atoms with Gasteiger partial charge in [0.05, 0.1) is 5.69 Å². The van der Waals surface area contributed by atoms with Crippen LogP contribution in [0, 0.1) is 0 Å².